The molecule has 22 heavy (non-hydrogen) atoms. The van der Waals surface area contributed by atoms with Gasteiger partial charge in [0.05, 0.1) is 22.8 Å². The number of nitrogens with zero attached hydrogens (tertiary/aromatic N) is 1. The van der Waals surface area contributed by atoms with Gasteiger partial charge in [-0.05, 0) is 36.8 Å². The number of benzene rings is 1. The molecule has 1 aromatic carbocycles. The van der Waals surface area contributed by atoms with Crippen LogP contribution in [0.3, 0.4) is 0 Å². The molecular weight excluding hydrogens is 313 g/mol. The van der Waals surface area contributed by atoms with Crippen LogP contribution in [0, 0.1) is 11.3 Å². The molecule has 7 heteroatoms. The Morgan fingerprint density at radius 1 is 1.50 bits per heavy atom. The molecule has 0 saturated heterocycles. The summed E-state index contributed by atoms with van der Waals surface area (Å²) in [5.74, 6) is 0.859. The van der Waals surface area contributed by atoms with Crippen LogP contribution in [0.1, 0.15) is 30.9 Å². The molecule has 2 N–H and O–H groups in total. The van der Waals surface area contributed by atoms with Gasteiger partial charge in [-0.25, -0.2) is 0 Å². The van der Waals surface area contributed by atoms with Crippen molar-refractivity contribution in [2.45, 2.75) is 36.8 Å². The van der Waals surface area contributed by atoms with Crippen molar-refractivity contribution in [2.24, 2.45) is 0 Å². The van der Waals surface area contributed by atoms with Crippen LogP contribution in [0.25, 0.3) is 0 Å². The molecule has 3 nitrogen and oxygen atoms in total. The molecule has 0 spiro atoms. The van der Waals surface area contributed by atoms with Crippen molar-refractivity contribution in [1.82, 2.24) is 0 Å². The maximum atomic E-state index is 13.1. The number of aliphatic hydroxyl groups is 1. The number of rotatable bonds is 5. The van der Waals surface area contributed by atoms with Crippen molar-refractivity contribution in [3.8, 4) is 6.07 Å². The molecule has 1 aromatic rings. The van der Waals surface area contributed by atoms with Crippen molar-refractivity contribution in [3.05, 3.63) is 29.3 Å². The van der Waals surface area contributed by atoms with E-state index in [0.29, 0.717) is 6.42 Å². The number of anilines is 1. The molecule has 1 saturated carbocycles. The first-order valence-electron chi connectivity index (χ1n) is 6.99. The highest BCUT2D eigenvalue weighted by atomic mass is 32.2. The molecule has 2 atom stereocenters. The van der Waals surface area contributed by atoms with Crippen LogP contribution in [-0.2, 0) is 6.18 Å². The topological polar surface area (TPSA) is 56.0 Å². The fraction of sp³-hybridized carbons (Fsp3) is 0.533. The predicted molar refractivity (Wildman–Crippen MR) is 80.8 cm³/mol. The van der Waals surface area contributed by atoms with Gasteiger partial charge in [0.2, 0.25) is 0 Å². The van der Waals surface area contributed by atoms with Gasteiger partial charge in [-0.2, -0.15) is 30.2 Å². The second-order valence-electron chi connectivity index (χ2n) is 5.31. The molecule has 120 valence electrons. The summed E-state index contributed by atoms with van der Waals surface area (Å²) >= 11 is 1.62. The minimum atomic E-state index is -4.55. The van der Waals surface area contributed by atoms with Crippen molar-refractivity contribution >= 4 is 17.4 Å². The van der Waals surface area contributed by atoms with Gasteiger partial charge in [0, 0.05) is 17.5 Å². The van der Waals surface area contributed by atoms with Crippen molar-refractivity contribution in [3.63, 3.8) is 0 Å². The minimum absolute atomic E-state index is 0.0420. The summed E-state index contributed by atoms with van der Waals surface area (Å²) in [7, 11) is 0. The fourth-order valence-corrected chi connectivity index (χ4v) is 3.69. The lowest BCUT2D eigenvalue weighted by molar-refractivity contribution is -0.137. The van der Waals surface area contributed by atoms with Crippen LogP contribution in [0.5, 0.6) is 0 Å². The molecule has 2 unspecified atom stereocenters. The third-order valence-corrected chi connectivity index (χ3v) is 5.26. The monoisotopic (exact) mass is 330 g/mol. The maximum Gasteiger partial charge on any atom is 0.418 e. The molecule has 2 rings (SSSR count). The largest absolute Gasteiger partial charge is 0.418 e. The number of hydrogen-bond donors (Lipinski definition) is 2. The molecular formula is C15H17F3N2OS. The Hall–Kier alpha value is -1.39. The smallest absolute Gasteiger partial charge is 0.387 e. The highest BCUT2D eigenvalue weighted by Crippen LogP contribution is 2.42. The van der Waals surface area contributed by atoms with E-state index in [1.54, 1.807) is 17.8 Å². The second-order valence-corrected chi connectivity index (χ2v) is 6.79. The van der Waals surface area contributed by atoms with Crippen molar-refractivity contribution in [2.75, 3.05) is 17.6 Å². The third kappa shape index (κ3) is 3.50. The zero-order chi connectivity index (χ0) is 16.4. The Morgan fingerprint density at radius 3 is 2.73 bits per heavy atom. The Kier molecular flexibility index (Phi) is 4.93. The summed E-state index contributed by atoms with van der Waals surface area (Å²) < 4.78 is 39.2. The van der Waals surface area contributed by atoms with Crippen LogP contribution in [-0.4, -0.2) is 28.3 Å². The third-order valence-electron chi connectivity index (χ3n) is 3.85. The molecule has 1 fully saturated rings. The summed E-state index contributed by atoms with van der Waals surface area (Å²) in [6.45, 7) is 2.05. The standard InChI is InChI=1S/C15H17F3N2OS/c1-2-22-13-5-6-14(13,21)9-20-12-4-3-10(8-19)7-11(12)15(16,17)18/h3-4,7,13,20-21H,2,5-6,9H2,1H3. The molecule has 0 amide bonds. The van der Waals surface area contributed by atoms with E-state index in [-0.39, 0.29) is 23.0 Å². The highest BCUT2D eigenvalue weighted by molar-refractivity contribution is 8.00. The number of halogens is 3. The quantitative estimate of drug-likeness (QED) is 0.865. The van der Waals surface area contributed by atoms with Gasteiger partial charge in [0.15, 0.2) is 0 Å². The Bertz CT molecular complexity index is 585. The number of alkyl halides is 3. The Morgan fingerprint density at radius 2 is 2.23 bits per heavy atom. The van der Waals surface area contributed by atoms with E-state index in [4.69, 9.17) is 5.26 Å². The summed E-state index contributed by atoms with van der Waals surface area (Å²) in [4.78, 5) is 0. The average Bonchev–Trinajstić information content (AvgIpc) is 2.48. The fourth-order valence-electron chi connectivity index (χ4n) is 2.49. The second kappa shape index (κ2) is 6.39. The number of thioether (sulfide) groups is 1. The summed E-state index contributed by atoms with van der Waals surface area (Å²) in [5, 5.41) is 21.9. The highest BCUT2D eigenvalue weighted by Gasteiger charge is 2.45. The number of hydrogen-bond acceptors (Lipinski definition) is 4. The normalized spacial score (nSPS) is 24.5. The lowest BCUT2D eigenvalue weighted by atomic mass is 9.79. The summed E-state index contributed by atoms with van der Waals surface area (Å²) in [6.07, 6.45) is -3.10. The van der Waals surface area contributed by atoms with E-state index in [2.05, 4.69) is 5.32 Å². The van der Waals surface area contributed by atoms with Gasteiger partial charge < -0.3 is 10.4 Å². The van der Waals surface area contributed by atoms with Crippen LogP contribution in [0.2, 0.25) is 0 Å². The van der Waals surface area contributed by atoms with Crippen LogP contribution in [0.4, 0.5) is 18.9 Å². The first-order valence-corrected chi connectivity index (χ1v) is 8.04. The number of nitriles is 1. The van der Waals surface area contributed by atoms with Gasteiger partial charge in [-0.3, -0.25) is 0 Å². The first kappa shape index (κ1) is 17.0. The van der Waals surface area contributed by atoms with E-state index >= 15 is 0 Å². The van der Waals surface area contributed by atoms with E-state index < -0.39 is 17.3 Å². The number of nitrogens with one attached hydrogen (secondary N) is 1. The van der Waals surface area contributed by atoms with Gasteiger partial charge >= 0.3 is 6.18 Å². The molecule has 1 aliphatic rings. The van der Waals surface area contributed by atoms with Crippen molar-refractivity contribution < 1.29 is 18.3 Å². The van der Waals surface area contributed by atoms with Gasteiger partial charge in [-0.15, -0.1) is 0 Å². The van der Waals surface area contributed by atoms with E-state index in [0.717, 1.165) is 18.2 Å². The average molecular weight is 330 g/mol. The molecule has 0 aliphatic heterocycles. The molecule has 1 aliphatic carbocycles. The molecule has 0 aromatic heterocycles. The van der Waals surface area contributed by atoms with Crippen molar-refractivity contribution in [1.29, 1.82) is 5.26 Å². The molecule has 0 heterocycles. The minimum Gasteiger partial charge on any atom is -0.387 e. The lowest BCUT2D eigenvalue weighted by Crippen LogP contribution is -2.54. The first-order chi connectivity index (χ1) is 10.3. The SMILES string of the molecule is CCSC1CCC1(O)CNc1ccc(C#N)cc1C(F)(F)F. The zero-order valence-corrected chi connectivity index (χ0v) is 12.9. The van der Waals surface area contributed by atoms with E-state index in [1.807, 2.05) is 6.92 Å². The Balaban J connectivity index is 2.15. The van der Waals surface area contributed by atoms with Gasteiger partial charge in [0.25, 0.3) is 0 Å². The summed E-state index contributed by atoms with van der Waals surface area (Å²) in [5.41, 5.74) is -2.00. The van der Waals surface area contributed by atoms with Crippen LogP contribution in [0.15, 0.2) is 18.2 Å². The predicted octanol–water partition coefficient (Wildman–Crippen LogP) is 3.64. The van der Waals surface area contributed by atoms with Gasteiger partial charge in [-0.1, -0.05) is 6.92 Å². The van der Waals surface area contributed by atoms with E-state index in [9.17, 15) is 18.3 Å². The zero-order valence-electron chi connectivity index (χ0n) is 12.1. The Labute approximate surface area is 131 Å². The van der Waals surface area contributed by atoms with Crippen LogP contribution >= 0.6 is 11.8 Å². The van der Waals surface area contributed by atoms with Gasteiger partial charge in [0.1, 0.15) is 0 Å². The van der Waals surface area contributed by atoms with E-state index in [1.165, 1.54) is 12.1 Å². The maximum absolute atomic E-state index is 13.1. The lowest BCUT2D eigenvalue weighted by Gasteiger charge is -2.45. The summed E-state index contributed by atoms with van der Waals surface area (Å²) in [6, 6.07) is 5.10. The van der Waals surface area contributed by atoms with Crippen LogP contribution < -0.4 is 5.32 Å². The molecule has 0 radical (unpaired) electrons. The molecule has 0 bridgehead atoms.